The first-order valence-electron chi connectivity index (χ1n) is 5.16. The highest BCUT2D eigenvalue weighted by Crippen LogP contribution is 2.32. The number of hydrogen-bond donors (Lipinski definition) is 4. The van der Waals surface area contributed by atoms with Crippen LogP contribution in [0.2, 0.25) is 0 Å². The van der Waals surface area contributed by atoms with Gasteiger partial charge in [-0.3, -0.25) is 0 Å². The molecule has 1 heterocycles. The molecule has 0 saturated heterocycles. The second-order valence-corrected chi connectivity index (χ2v) is 3.58. The maximum Gasteiger partial charge on any atom is 0.416 e. The van der Waals surface area contributed by atoms with E-state index in [0.29, 0.717) is 0 Å². The number of pyridine rings is 1. The molecule has 0 saturated carbocycles. The number of aliphatic hydroxyl groups is 2. The van der Waals surface area contributed by atoms with Gasteiger partial charge in [0.05, 0.1) is 24.8 Å². The third-order valence-corrected chi connectivity index (χ3v) is 2.20. The van der Waals surface area contributed by atoms with Crippen LogP contribution >= 0.6 is 0 Å². The number of anilines is 2. The Bertz CT molecular complexity index is 394. The van der Waals surface area contributed by atoms with Crippen LogP contribution in [0.3, 0.4) is 0 Å². The van der Waals surface area contributed by atoms with Crippen molar-refractivity contribution in [3.05, 3.63) is 17.7 Å². The van der Waals surface area contributed by atoms with Crippen LogP contribution in [0.15, 0.2) is 12.1 Å². The fourth-order valence-electron chi connectivity index (χ4n) is 1.25. The van der Waals surface area contributed by atoms with Crippen LogP contribution in [0.25, 0.3) is 0 Å². The van der Waals surface area contributed by atoms with Crippen molar-refractivity contribution in [2.24, 2.45) is 0 Å². The van der Waals surface area contributed by atoms with Crippen LogP contribution in [0.5, 0.6) is 0 Å². The Morgan fingerprint density at radius 2 is 1.78 bits per heavy atom. The Kier molecular flexibility index (Phi) is 4.74. The van der Waals surface area contributed by atoms with Crippen molar-refractivity contribution in [2.75, 3.05) is 30.9 Å². The van der Waals surface area contributed by atoms with Gasteiger partial charge < -0.3 is 20.8 Å². The van der Waals surface area contributed by atoms with E-state index in [1.165, 1.54) is 7.05 Å². The smallest absolute Gasteiger partial charge is 0.394 e. The minimum Gasteiger partial charge on any atom is -0.394 e. The highest BCUT2D eigenvalue weighted by Gasteiger charge is 2.31. The lowest BCUT2D eigenvalue weighted by atomic mass is 10.2. The average Bonchev–Trinajstić information content (AvgIpc) is 2.34. The van der Waals surface area contributed by atoms with E-state index in [1.807, 2.05) is 0 Å². The van der Waals surface area contributed by atoms with Gasteiger partial charge in [-0.1, -0.05) is 0 Å². The number of rotatable bonds is 5. The molecule has 18 heavy (non-hydrogen) atoms. The molecule has 1 rings (SSSR count). The lowest BCUT2D eigenvalue weighted by Gasteiger charge is -2.16. The maximum absolute atomic E-state index is 12.6. The Morgan fingerprint density at radius 1 is 1.22 bits per heavy atom. The van der Waals surface area contributed by atoms with Crippen molar-refractivity contribution in [3.8, 4) is 0 Å². The van der Waals surface area contributed by atoms with Crippen LogP contribution in [0.1, 0.15) is 5.56 Å². The number of nitrogens with one attached hydrogen (secondary N) is 2. The third-order valence-electron chi connectivity index (χ3n) is 2.20. The molecule has 0 bridgehead atoms. The molecule has 5 nitrogen and oxygen atoms in total. The van der Waals surface area contributed by atoms with Gasteiger partial charge in [-0.2, -0.15) is 13.2 Å². The van der Waals surface area contributed by atoms with E-state index in [9.17, 15) is 13.2 Å². The lowest BCUT2D eigenvalue weighted by molar-refractivity contribution is -0.137. The van der Waals surface area contributed by atoms with Crippen LogP contribution in [-0.2, 0) is 6.18 Å². The highest BCUT2D eigenvalue weighted by atomic mass is 19.4. The monoisotopic (exact) mass is 265 g/mol. The summed E-state index contributed by atoms with van der Waals surface area (Å²) >= 11 is 0. The van der Waals surface area contributed by atoms with Crippen molar-refractivity contribution in [1.29, 1.82) is 0 Å². The molecule has 1 aromatic heterocycles. The van der Waals surface area contributed by atoms with Crippen molar-refractivity contribution in [3.63, 3.8) is 0 Å². The summed E-state index contributed by atoms with van der Waals surface area (Å²) in [6.07, 6.45) is -4.49. The molecule has 1 aromatic rings. The topological polar surface area (TPSA) is 77.4 Å². The zero-order chi connectivity index (χ0) is 13.8. The summed E-state index contributed by atoms with van der Waals surface area (Å²) in [7, 11) is 1.45. The zero-order valence-corrected chi connectivity index (χ0v) is 9.62. The Hall–Kier alpha value is -1.54. The number of halogens is 3. The summed E-state index contributed by atoms with van der Waals surface area (Å²) in [6.45, 7) is -0.827. The van der Waals surface area contributed by atoms with Crippen LogP contribution in [0, 0.1) is 0 Å². The molecule has 0 spiro atoms. The van der Waals surface area contributed by atoms with Gasteiger partial charge in [0.2, 0.25) is 0 Å². The predicted octanol–water partition coefficient (Wildman–Crippen LogP) is 0.907. The molecule has 0 unspecified atom stereocenters. The molecule has 0 aliphatic carbocycles. The first kappa shape index (κ1) is 14.5. The number of aliphatic hydroxyl groups excluding tert-OH is 2. The minimum absolute atomic E-state index is 0.0435. The van der Waals surface area contributed by atoms with Gasteiger partial charge >= 0.3 is 6.18 Å². The van der Waals surface area contributed by atoms with Crippen molar-refractivity contribution in [2.45, 2.75) is 12.2 Å². The van der Waals surface area contributed by atoms with Gasteiger partial charge in [0.25, 0.3) is 0 Å². The summed E-state index contributed by atoms with van der Waals surface area (Å²) < 4.78 is 37.8. The number of hydrogen-bond acceptors (Lipinski definition) is 5. The largest absolute Gasteiger partial charge is 0.416 e. The molecule has 0 aromatic carbocycles. The quantitative estimate of drug-likeness (QED) is 0.636. The standard InChI is InChI=1S/C10H14F3N3O2/c1-14-8-2-6(10(11,12)13)3-9(16-8)15-7(4-17)5-18/h2-3,7,17-18H,4-5H2,1H3,(H2,14,15,16). The fraction of sp³-hybridized carbons (Fsp3) is 0.500. The van der Waals surface area contributed by atoms with Crippen LogP contribution in [0.4, 0.5) is 24.8 Å². The zero-order valence-electron chi connectivity index (χ0n) is 9.62. The second-order valence-electron chi connectivity index (χ2n) is 3.58. The van der Waals surface area contributed by atoms with Gasteiger partial charge in [0.15, 0.2) is 0 Å². The van der Waals surface area contributed by atoms with E-state index in [0.717, 1.165) is 12.1 Å². The van der Waals surface area contributed by atoms with E-state index in [2.05, 4.69) is 15.6 Å². The van der Waals surface area contributed by atoms with E-state index in [4.69, 9.17) is 10.2 Å². The lowest BCUT2D eigenvalue weighted by Crippen LogP contribution is -2.28. The SMILES string of the molecule is CNc1cc(C(F)(F)F)cc(NC(CO)CO)n1. The normalized spacial score (nSPS) is 11.7. The van der Waals surface area contributed by atoms with Gasteiger partial charge in [0.1, 0.15) is 11.6 Å². The molecular formula is C10H14F3N3O2. The van der Waals surface area contributed by atoms with Gasteiger partial charge in [-0.05, 0) is 12.1 Å². The summed E-state index contributed by atoms with van der Waals surface area (Å²) in [5.74, 6) is -0.0239. The molecule has 0 radical (unpaired) electrons. The average molecular weight is 265 g/mol. The predicted molar refractivity (Wildman–Crippen MR) is 60.4 cm³/mol. The fourth-order valence-corrected chi connectivity index (χ4v) is 1.25. The Balaban J connectivity index is 3.04. The molecule has 0 aliphatic rings. The molecular weight excluding hydrogens is 251 g/mol. The molecule has 8 heteroatoms. The molecule has 0 atom stereocenters. The molecule has 0 amide bonds. The minimum atomic E-state index is -4.49. The number of nitrogens with zero attached hydrogens (tertiary/aromatic N) is 1. The maximum atomic E-state index is 12.6. The third kappa shape index (κ3) is 3.74. The number of alkyl halides is 3. The molecule has 0 fully saturated rings. The van der Waals surface area contributed by atoms with E-state index in [-0.39, 0.29) is 11.6 Å². The van der Waals surface area contributed by atoms with E-state index >= 15 is 0 Å². The van der Waals surface area contributed by atoms with E-state index in [1.54, 1.807) is 0 Å². The van der Waals surface area contributed by atoms with Gasteiger partial charge in [-0.15, -0.1) is 0 Å². The molecule has 4 N–H and O–H groups in total. The van der Waals surface area contributed by atoms with Gasteiger partial charge in [0, 0.05) is 7.05 Å². The molecule has 0 aliphatic heterocycles. The van der Waals surface area contributed by atoms with Crippen LogP contribution < -0.4 is 10.6 Å². The summed E-state index contributed by atoms with van der Waals surface area (Å²) in [5.41, 5.74) is -0.862. The van der Waals surface area contributed by atoms with E-state index < -0.39 is 31.0 Å². The summed E-state index contributed by atoms with van der Waals surface area (Å²) in [5, 5.41) is 22.7. The van der Waals surface area contributed by atoms with Crippen molar-refractivity contribution < 1.29 is 23.4 Å². The van der Waals surface area contributed by atoms with Crippen molar-refractivity contribution >= 4 is 11.6 Å². The van der Waals surface area contributed by atoms with Crippen molar-refractivity contribution in [1.82, 2.24) is 4.98 Å². The summed E-state index contributed by atoms with van der Waals surface area (Å²) in [4.78, 5) is 3.86. The Morgan fingerprint density at radius 3 is 2.22 bits per heavy atom. The Labute approximate surface area is 102 Å². The summed E-state index contributed by atoms with van der Waals surface area (Å²) in [6, 6.07) is 0.933. The van der Waals surface area contributed by atoms with Crippen LogP contribution in [-0.4, -0.2) is 41.5 Å². The van der Waals surface area contributed by atoms with Gasteiger partial charge in [-0.25, -0.2) is 4.98 Å². The first-order chi connectivity index (χ1) is 8.40. The first-order valence-corrected chi connectivity index (χ1v) is 5.16. The highest BCUT2D eigenvalue weighted by molar-refractivity contribution is 5.50. The number of aromatic nitrogens is 1. The second kappa shape index (κ2) is 5.87. The molecule has 102 valence electrons.